The van der Waals surface area contributed by atoms with Gasteiger partial charge >= 0.3 is 0 Å². The third kappa shape index (κ3) is 3.59. The summed E-state index contributed by atoms with van der Waals surface area (Å²) in [5.74, 6) is 1.11. The first-order valence-corrected chi connectivity index (χ1v) is 5.53. The van der Waals surface area contributed by atoms with E-state index in [-0.39, 0.29) is 11.2 Å². The number of aromatic nitrogens is 1. The molecule has 15 heavy (non-hydrogen) atoms. The summed E-state index contributed by atoms with van der Waals surface area (Å²) in [5.41, 5.74) is 0. The molecule has 1 rings (SSSR count). The quantitative estimate of drug-likeness (QED) is 0.489. The van der Waals surface area contributed by atoms with E-state index in [9.17, 15) is 5.21 Å². The number of hydrogen-bond acceptors (Lipinski definition) is 2. The Kier molecular flexibility index (Phi) is 4.21. The van der Waals surface area contributed by atoms with E-state index >= 15 is 0 Å². The summed E-state index contributed by atoms with van der Waals surface area (Å²) < 4.78 is 0.707. The highest BCUT2D eigenvalue weighted by Gasteiger charge is 2.12. The van der Waals surface area contributed by atoms with Crippen LogP contribution in [0.2, 0.25) is 5.15 Å². The Labute approximate surface area is 95.7 Å². The molecule has 0 amide bonds. The summed E-state index contributed by atoms with van der Waals surface area (Å²) >= 11 is 5.71. The Morgan fingerprint density at radius 3 is 2.67 bits per heavy atom. The minimum absolute atomic E-state index is 0.191. The van der Waals surface area contributed by atoms with Crippen molar-refractivity contribution in [2.45, 2.75) is 33.2 Å². The molecule has 1 unspecified atom stereocenters. The third-order valence-electron chi connectivity index (χ3n) is 2.12. The van der Waals surface area contributed by atoms with Crippen LogP contribution in [-0.2, 0) is 0 Å². The van der Waals surface area contributed by atoms with E-state index in [2.05, 4.69) is 26.1 Å². The molecule has 0 saturated heterocycles. The summed E-state index contributed by atoms with van der Waals surface area (Å²) in [5, 5.41) is 14.9. The normalized spacial score (nSPS) is 12.9. The molecule has 4 heteroatoms. The van der Waals surface area contributed by atoms with Gasteiger partial charge in [0.15, 0.2) is 5.15 Å². The van der Waals surface area contributed by atoms with Crippen molar-refractivity contribution in [1.82, 2.24) is 0 Å². The second-order valence-electron chi connectivity index (χ2n) is 4.20. The van der Waals surface area contributed by atoms with Gasteiger partial charge in [0.2, 0.25) is 0 Å². The molecule has 0 saturated carbocycles. The molecule has 0 fully saturated rings. The van der Waals surface area contributed by atoms with Crippen molar-refractivity contribution < 1.29 is 4.73 Å². The lowest BCUT2D eigenvalue weighted by Crippen LogP contribution is -2.34. The Hall–Kier alpha value is -0.960. The number of nitrogens with zero attached hydrogens (tertiary/aromatic N) is 1. The number of anilines is 1. The molecule has 1 aromatic heterocycles. The van der Waals surface area contributed by atoms with Gasteiger partial charge in [-0.3, -0.25) is 5.32 Å². The van der Waals surface area contributed by atoms with Gasteiger partial charge in [0.25, 0.3) is 5.82 Å². The van der Waals surface area contributed by atoms with E-state index in [0.717, 1.165) is 6.42 Å². The van der Waals surface area contributed by atoms with Crippen LogP contribution >= 0.6 is 11.6 Å². The first-order valence-electron chi connectivity index (χ1n) is 5.15. The van der Waals surface area contributed by atoms with Crippen LogP contribution in [-0.4, -0.2) is 6.04 Å². The van der Waals surface area contributed by atoms with Gasteiger partial charge in [-0.1, -0.05) is 13.8 Å². The summed E-state index contributed by atoms with van der Waals surface area (Å²) in [6.07, 6.45) is 1.02. The van der Waals surface area contributed by atoms with Crippen LogP contribution < -0.4 is 10.0 Å². The molecule has 0 spiro atoms. The van der Waals surface area contributed by atoms with Gasteiger partial charge in [-0.2, -0.15) is 0 Å². The lowest BCUT2D eigenvalue weighted by molar-refractivity contribution is -0.588. The molecule has 1 aromatic rings. The average molecular weight is 229 g/mol. The molecule has 0 aliphatic carbocycles. The third-order valence-corrected chi connectivity index (χ3v) is 2.40. The van der Waals surface area contributed by atoms with Crippen LogP contribution in [0.25, 0.3) is 0 Å². The molecule has 0 radical (unpaired) electrons. The highest BCUT2D eigenvalue weighted by atomic mass is 35.5. The lowest BCUT2D eigenvalue weighted by atomic mass is 10.1. The molecule has 84 valence electrons. The van der Waals surface area contributed by atoms with E-state index < -0.39 is 0 Å². The van der Waals surface area contributed by atoms with Gasteiger partial charge in [0.1, 0.15) is 0 Å². The standard InChI is InChI=1S/C11H17ClN2O/c1-8(2)7-9(3)13-11-6-4-5-10(12)14(11)15/h4-6,8-9,13H,7H2,1-3H3. The van der Waals surface area contributed by atoms with Crippen LogP contribution in [0.4, 0.5) is 5.82 Å². The minimum atomic E-state index is 0.191. The number of hydrogen-bond donors (Lipinski definition) is 1. The fourth-order valence-electron chi connectivity index (χ4n) is 1.59. The van der Waals surface area contributed by atoms with Crippen molar-refractivity contribution in [3.8, 4) is 0 Å². The molecule has 1 N–H and O–H groups in total. The van der Waals surface area contributed by atoms with Crippen molar-refractivity contribution in [2.24, 2.45) is 5.92 Å². The fourth-order valence-corrected chi connectivity index (χ4v) is 1.76. The van der Waals surface area contributed by atoms with Gasteiger partial charge in [-0.15, -0.1) is 0 Å². The van der Waals surface area contributed by atoms with Gasteiger partial charge < -0.3 is 5.21 Å². The maximum atomic E-state index is 11.5. The van der Waals surface area contributed by atoms with E-state index in [1.807, 2.05) is 0 Å². The van der Waals surface area contributed by atoms with Crippen molar-refractivity contribution in [3.05, 3.63) is 28.6 Å². The van der Waals surface area contributed by atoms with Crippen LogP contribution in [0, 0.1) is 11.1 Å². The highest BCUT2D eigenvalue weighted by molar-refractivity contribution is 6.28. The Balaban J connectivity index is 2.68. The van der Waals surface area contributed by atoms with Crippen molar-refractivity contribution in [3.63, 3.8) is 0 Å². The second kappa shape index (κ2) is 5.21. The van der Waals surface area contributed by atoms with Gasteiger partial charge in [-0.25, -0.2) is 4.73 Å². The zero-order valence-electron chi connectivity index (χ0n) is 9.33. The largest absolute Gasteiger partial charge is 0.710 e. The van der Waals surface area contributed by atoms with E-state index in [1.54, 1.807) is 18.2 Å². The van der Waals surface area contributed by atoms with Crippen LogP contribution in [0.15, 0.2) is 18.2 Å². The number of halogens is 1. The lowest BCUT2D eigenvalue weighted by Gasteiger charge is -2.15. The summed E-state index contributed by atoms with van der Waals surface area (Å²) in [6, 6.07) is 5.34. The van der Waals surface area contributed by atoms with Crippen LogP contribution in [0.3, 0.4) is 0 Å². The monoisotopic (exact) mass is 228 g/mol. The van der Waals surface area contributed by atoms with E-state index in [0.29, 0.717) is 16.5 Å². The molecular weight excluding hydrogens is 212 g/mol. The Bertz CT molecular complexity index is 328. The van der Waals surface area contributed by atoms with Gasteiger partial charge in [0.05, 0.1) is 6.04 Å². The summed E-state index contributed by atoms with van der Waals surface area (Å²) in [4.78, 5) is 0. The molecule has 0 aliphatic heterocycles. The molecule has 0 bridgehead atoms. The van der Waals surface area contributed by atoms with Crippen molar-refractivity contribution >= 4 is 17.4 Å². The predicted molar refractivity (Wildman–Crippen MR) is 63.0 cm³/mol. The average Bonchev–Trinajstić information content (AvgIpc) is 2.11. The Morgan fingerprint density at radius 2 is 2.07 bits per heavy atom. The summed E-state index contributed by atoms with van der Waals surface area (Å²) in [7, 11) is 0. The molecule has 3 nitrogen and oxygen atoms in total. The van der Waals surface area contributed by atoms with E-state index in [4.69, 9.17) is 11.6 Å². The molecule has 1 atom stereocenters. The van der Waals surface area contributed by atoms with Crippen LogP contribution in [0.5, 0.6) is 0 Å². The summed E-state index contributed by atoms with van der Waals surface area (Å²) in [6.45, 7) is 6.36. The maximum Gasteiger partial charge on any atom is 0.278 e. The SMILES string of the molecule is CC(C)CC(C)Nc1cccc(Cl)[n+]1[O-]. The maximum absolute atomic E-state index is 11.5. The van der Waals surface area contributed by atoms with Crippen molar-refractivity contribution in [2.75, 3.05) is 5.32 Å². The number of nitrogens with one attached hydrogen (secondary N) is 1. The zero-order chi connectivity index (χ0) is 11.4. The molecular formula is C11H17ClN2O. The number of rotatable bonds is 4. The minimum Gasteiger partial charge on any atom is -0.710 e. The molecule has 0 aliphatic rings. The van der Waals surface area contributed by atoms with Crippen LogP contribution in [0.1, 0.15) is 27.2 Å². The fraction of sp³-hybridized carbons (Fsp3) is 0.545. The topological polar surface area (TPSA) is 39.0 Å². The Morgan fingerprint density at radius 1 is 1.40 bits per heavy atom. The van der Waals surface area contributed by atoms with Crippen molar-refractivity contribution in [1.29, 1.82) is 0 Å². The first kappa shape index (κ1) is 12.1. The highest BCUT2D eigenvalue weighted by Crippen LogP contribution is 2.11. The number of pyridine rings is 1. The smallest absolute Gasteiger partial charge is 0.278 e. The predicted octanol–water partition coefficient (Wildman–Crippen LogP) is 2.82. The first-order chi connectivity index (χ1) is 7.00. The van der Waals surface area contributed by atoms with Gasteiger partial charge in [0, 0.05) is 6.07 Å². The second-order valence-corrected chi connectivity index (χ2v) is 4.59. The molecule has 1 heterocycles. The molecule has 0 aromatic carbocycles. The van der Waals surface area contributed by atoms with E-state index in [1.165, 1.54) is 0 Å². The van der Waals surface area contributed by atoms with Gasteiger partial charge in [-0.05, 0) is 43.0 Å². The zero-order valence-corrected chi connectivity index (χ0v) is 10.1.